The largest absolute Gasteiger partial charge is 0.393 e. The lowest BCUT2D eigenvalue weighted by Crippen LogP contribution is -2.27. The van der Waals surface area contributed by atoms with E-state index in [1.165, 1.54) is 12.8 Å². The molecule has 0 radical (unpaired) electrons. The van der Waals surface area contributed by atoms with Gasteiger partial charge in [-0.2, -0.15) is 0 Å². The van der Waals surface area contributed by atoms with Gasteiger partial charge in [0, 0.05) is 6.04 Å². The molecule has 1 aliphatic rings. The zero-order valence-corrected chi connectivity index (χ0v) is 8.21. The Bertz CT molecular complexity index is 119. The molecule has 0 saturated carbocycles. The van der Waals surface area contributed by atoms with Crippen LogP contribution in [0.1, 0.15) is 39.5 Å². The Morgan fingerprint density at radius 2 is 2.25 bits per heavy atom. The Labute approximate surface area is 75.4 Å². The van der Waals surface area contributed by atoms with Gasteiger partial charge in [-0.05, 0) is 38.1 Å². The number of rotatable bonds is 4. The molecule has 0 bridgehead atoms. The van der Waals surface area contributed by atoms with Gasteiger partial charge in [0.1, 0.15) is 0 Å². The van der Waals surface area contributed by atoms with Crippen molar-refractivity contribution in [1.29, 1.82) is 0 Å². The Morgan fingerprint density at radius 3 is 2.75 bits per heavy atom. The Morgan fingerprint density at radius 1 is 1.50 bits per heavy atom. The summed E-state index contributed by atoms with van der Waals surface area (Å²) in [4.78, 5) is 0. The van der Waals surface area contributed by atoms with Crippen LogP contribution in [0.15, 0.2) is 0 Å². The van der Waals surface area contributed by atoms with Crippen LogP contribution in [0.5, 0.6) is 0 Å². The van der Waals surface area contributed by atoms with Gasteiger partial charge in [0.05, 0.1) is 6.10 Å². The van der Waals surface area contributed by atoms with Crippen molar-refractivity contribution in [2.45, 2.75) is 51.7 Å². The van der Waals surface area contributed by atoms with Crippen molar-refractivity contribution < 1.29 is 5.11 Å². The topological polar surface area (TPSA) is 32.3 Å². The SMILES string of the molecule is CC(C)CC(O)CC1CCCN1. The molecule has 2 atom stereocenters. The maximum absolute atomic E-state index is 9.64. The molecule has 0 aliphatic carbocycles. The standard InChI is InChI=1S/C10H21NO/c1-8(2)6-10(12)7-9-4-3-5-11-9/h8-12H,3-7H2,1-2H3. The van der Waals surface area contributed by atoms with Gasteiger partial charge < -0.3 is 10.4 Å². The fourth-order valence-corrected chi connectivity index (χ4v) is 1.93. The van der Waals surface area contributed by atoms with E-state index < -0.39 is 0 Å². The molecule has 1 fully saturated rings. The average Bonchev–Trinajstić information content (AvgIpc) is 2.37. The Hall–Kier alpha value is -0.0800. The summed E-state index contributed by atoms with van der Waals surface area (Å²) in [7, 11) is 0. The van der Waals surface area contributed by atoms with Crippen LogP contribution in [0.25, 0.3) is 0 Å². The molecule has 1 heterocycles. The second-order valence-corrected chi connectivity index (χ2v) is 4.31. The van der Waals surface area contributed by atoms with Crippen LogP contribution in [0.2, 0.25) is 0 Å². The highest BCUT2D eigenvalue weighted by Gasteiger charge is 2.18. The minimum Gasteiger partial charge on any atom is -0.393 e. The number of aliphatic hydroxyl groups excluding tert-OH is 1. The van der Waals surface area contributed by atoms with Crippen molar-refractivity contribution in [3.05, 3.63) is 0 Å². The molecule has 1 rings (SSSR count). The van der Waals surface area contributed by atoms with Gasteiger partial charge in [-0.15, -0.1) is 0 Å². The third-order valence-electron chi connectivity index (χ3n) is 2.46. The molecule has 72 valence electrons. The van der Waals surface area contributed by atoms with E-state index in [9.17, 15) is 5.11 Å². The first-order valence-electron chi connectivity index (χ1n) is 5.10. The maximum atomic E-state index is 9.64. The summed E-state index contributed by atoms with van der Waals surface area (Å²) in [6, 6.07) is 0.582. The van der Waals surface area contributed by atoms with Gasteiger partial charge in [-0.25, -0.2) is 0 Å². The van der Waals surface area contributed by atoms with Crippen molar-refractivity contribution in [1.82, 2.24) is 5.32 Å². The first-order chi connectivity index (χ1) is 5.68. The van der Waals surface area contributed by atoms with Gasteiger partial charge in [0.15, 0.2) is 0 Å². The van der Waals surface area contributed by atoms with Crippen LogP contribution in [0.4, 0.5) is 0 Å². The van der Waals surface area contributed by atoms with Gasteiger partial charge in [-0.1, -0.05) is 13.8 Å². The predicted molar refractivity (Wildman–Crippen MR) is 51.1 cm³/mol. The summed E-state index contributed by atoms with van der Waals surface area (Å²) in [6.45, 7) is 5.45. The van der Waals surface area contributed by atoms with Gasteiger partial charge in [-0.3, -0.25) is 0 Å². The van der Waals surface area contributed by atoms with E-state index in [2.05, 4.69) is 19.2 Å². The maximum Gasteiger partial charge on any atom is 0.0557 e. The molecule has 0 aromatic rings. The van der Waals surface area contributed by atoms with Crippen LogP contribution in [-0.2, 0) is 0 Å². The zero-order valence-electron chi connectivity index (χ0n) is 8.21. The molecule has 0 aromatic heterocycles. The highest BCUT2D eigenvalue weighted by molar-refractivity contribution is 4.77. The summed E-state index contributed by atoms with van der Waals surface area (Å²) in [5.41, 5.74) is 0. The van der Waals surface area contributed by atoms with Crippen LogP contribution >= 0.6 is 0 Å². The molecule has 2 heteroatoms. The summed E-state index contributed by atoms with van der Waals surface area (Å²) in [6.07, 6.45) is 4.31. The van der Waals surface area contributed by atoms with Crippen LogP contribution in [0.3, 0.4) is 0 Å². The molecule has 0 aromatic carbocycles. The number of hydrogen-bond acceptors (Lipinski definition) is 2. The Balaban J connectivity index is 2.11. The van der Waals surface area contributed by atoms with Crippen molar-refractivity contribution >= 4 is 0 Å². The quantitative estimate of drug-likeness (QED) is 0.672. The minimum absolute atomic E-state index is 0.0967. The number of aliphatic hydroxyl groups is 1. The molecular formula is C10H21NO. The van der Waals surface area contributed by atoms with Crippen LogP contribution < -0.4 is 5.32 Å². The van der Waals surface area contributed by atoms with E-state index in [4.69, 9.17) is 0 Å². The number of nitrogens with one attached hydrogen (secondary N) is 1. The highest BCUT2D eigenvalue weighted by Crippen LogP contribution is 2.15. The monoisotopic (exact) mass is 171 g/mol. The zero-order chi connectivity index (χ0) is 8.97. The van der Waals surface area contributed by atoms with E-state index >= 15 is 0 Å². The van der Waals surface area contributed by atoms with Crippen molar-refractivity contribution in [2.24, 2.45) is 5.92 Å². The fraction of sp³-hybridized carbons (Fsp3) is 1.00. The second kappa shape index (κ2) is 4.83. The second-order valence-electron chi connectivity index (χ2n) is 4.31. The lowest BCUT2D eigenvalue weighted by molar-refractivity contribution is 0.128. The van der Waals surface area contributed by atoms with Gasteiger partial charge in [0.2, 0.25) is 0 Å². The molecule has 1 saturated heterocycles. The third-order valence-corrected chi connectivity index (χ3v) is 2.46. The summed E-state index contributed by atoms with van der Waals surface area (Å²) in [5.74, 6) is 0.612. The van der Waals surface area contributed by atoms with Crippen LogP contribution in [0, 0.1) is 5.92 Å². The van der Waals surface area contributed by atoms with Crippen LogP contribution in [-0.4, -0.2) is 23.8 Å². The smallest absolute Gasteiger partial charge is 0.0557 e. The average molecular weight is 171 g/mol. The minimum atomic E-state index is -0.0967. The number of hydrogen-bond donors (Lipinski definition) is 2. The Kier molecular flexibility index (Phi) is 4.02. The molecular weight excluding hydrogens is 150 g/mol. The predicted octanol–water partition coefficient (Wildman–Crippen LogP) is 1.54. The first kappa shape index (κ1) is 10.0. The van der Waals surface area contributed by atoms with E-state index in [0.29, 0.717) is 12.0 Å². The molecule has 1 aliphatic heterocycles. The summed E-state index contributed by atoms with van der Waals surface area (Å²) >= 11 is 0. The highest BCUT2D eigenvalue weighted by atomic mass is 16.3. The molecule has 0 spiro atoms. The molecule has 2 nitrogen and oxygen atoms in total. The van der Waals surface area contributed by atoms with Gasteiger partial charge >= 0.3 is 0 Å². The van der Waals surface area contributed by atoms with Crippen molar-refractivity contribution in [3.8, 4) is 0 Å². The normalized spacial score (nSPS) is 26.5. The summed E-state index contributed by atoms with van der Waals surface area (Å²) in [5, 5.41) is 13.0. The molecule has 12 heavy (non-hydrogen) atoms. The molecule has 2 unspecified atom stereocenters. The van der Waals surface area contributed by atoms with Crippen molar-refractivity contribution in [3.63, 3.8) is 0 Å². The summed E-state index contributed by atoms with van der Waals surface area (Å²) < 4.78 is 0. The first-order valence-corrected chi connectivity index (χ1v) is 5.10. The lowest BCUT2D eigenvalue weighted by atomic mass is 9.99. The molecule has 0 amide bonds. The van der Waals surface area contributed by atoms with E-state index in [1.54, 1.807) is 0 Å². The van der Waals surface area contributed by atoms with Gasteiger partial charge in [0.25, 0.3) is 0 Å². The van der Waals surface area contributed by atoms with E-state index in [0.717, 1.165) is 19.4 Å². The van der Waals surface area contributed by atoms with E-state index in [1.807, 2.05) is 0 Å². The lowest BCUT2D eigenvalue weighted by Gasteiger charge is -2.17. The van der Waals surface area contributed by atoms with E-state index in [-0.39, 0.29) is 6.10 Å². The van der Waals surface area contributed by atoms with Crippen molar-refractivity contribution in [2.75, 3.05) is 6.54 Å². The molecule has 2 N–H and O–H groups in total. The fourth-order valence-electron chi connectivity index (χ4n) is 1.93. The third kappa shape index (κ3) is 3.55.